The van der Waals surface area contributed by atoms with Gasteiger partial charge in [0.05, 0.1) is 0 Å². The van der Waals surface area contributed by atoms with E-state index in [2.05, 4.69) is 17.4 Å². The van der Waals surface area contributed by atoms with Crippen LogP contribution in [0.4, 0.5) is 0 Å². The third-order valence-electron chi connectivity index (χ3n) is 3.29. The van der Waals surface area contributed by atoms with E-state index in [0.717, 1.165) is 31.0 Å². The lowest BCUT2D eigenvalue weighted by Gasteiger charge is -2.28. The summed E-state index contributed by atoms with van der Waals surface area (Å²) >= 11 is 5.88. The van der Waals surface area contributed by atoms with Gasteiger partial charge < -0.3 is 10.4 Å². The summed E-state index contributed by atoms with van der Waals surface area (Å²) < 4.78 is 0. The summed E-state index contributed by atoms with van der Waals surface area (Å²) in [6.07, 6.45) is 1.91. The lowest BCUT2D eigenvalue weighted by Crippen LogP contribution is -2.30. The predicted octanol–water partition coefficient (Wildman–Crippen LogP) is 1.95. The quantitative estimate of drug-likeness (QED) is 0.824. The Kier molecular flexibility index (Phi) is 3.29. The van der Waals surface area contributed by atoms with Crippen molar-refractivity contribution >= 4 is 11.6 Å². The molecule has 1 heterocycles. The number of nitrogens with one attached hydrogen (secondary N) is 1. The SMILES string of the molecule is OCC[C@]1(c2ccc(Cl)cc2)CCNC1. The monoisotopic (exact) mass is 225 g/mol. The Hall–Kier alpha value is -0.570. The van der Waals surface area contributed by atoms with Crippen molar-refractivity contribution < 1.29 is 5.11 Å². The van der Waals surface area contributed by atoms with Gasteiger partial charge in [0.1, 0.15) is 0 Å². The smallest absolute Gasteiger partial charge is 0.0440 e. The lowest BCUT2D eigenvalue weighted by molar-refractivity contribution is 0.244. The molecule has 0 aromatic heterocycles. The summed E-state index contributed by atoms with van der Waals surface area (Å²) in [5.41, 5.74) is 1.39. The van der Waals surface area contributed by atoms with E-state index in [4.69, 9.17) is 16.7 Å². The summed E-state index contributed by atoms with van der Waals surface area (Å²) in [4.78, 5) is 0. The van der Waals surface area contributed by atoms with Gasteiger partial charge in [-0.05, 0) is 37.1 Å². The van der Waals surface area contributed by atoms with Crippen LogP contribution in [0.2, 0.25) is 5.02 Å². The standard InChI is InChI=1S/C12H16ClNO/c13-11-3-1-10(2-4-11)12(6-8-15)5-7-14-9-12/h1-4,14-15H,5-9H2/t12-/m1/s1. The molecule has 0 amide bonds. The van der Waals surface area contributed by atoms with Crippen molar-refractivity contribution in [1.29, 1.82) is 0 Å². The highest BCUT2D eigenvalue weighted by atomic mass is 35.5. The highest BCUT2D eigenvalue weighted by molar-refractivity contribution is 6.30. The van der Waals surface area contributed by atoms with E-state index in [1.165, 1.54) is 5.56 Å². The largest absolute Gasteiger partial charge is 0.396 e. The Bertz CT molecular complexity index is 317. The second-order valence-electron chi connectivity index (χ2n) is 4.19. The zero-order chi connectivity index (χ0) is 10.7. The molecule has 2 rings (SSSR count). The molecule has 1 fully saturated rings. The highest BCUT2D eigenvalue weighted by Gasteiger charge is 2.34. The van der Waals surface area contributed by atoms with Crippen LogP contribution in [-0.2, 0) is 5.41 Å². The average molecular weight is 226 g/mol. The maximum Gasteiger partial charge on any atom is 0.0440 e. The van der Waals surface area contributed by atoms with Crippen LogP contribution in [0.1, 0.15) is 18.4 Å². The number of benzene rings is 1. The molecule has 2 nitrogen and oxygen atoms in total. The van der Waals surface area contributed by atoms with Crippen molar-refractivity contribution in [2.45, 2.75) is 18.3 Å². The molecular formula is C12H16ClNO. The molecule has 1 aromatic rings. The van der Waals surface area contributed by atoms with Crippen molar-refractivity contribution in [3.8, 4) is 0 Å². The first-order valence-corrected chi connectivity index (χ1v) is 5.72. The van der Waals surface area contributed by atoms with Crippen LogP contribution in [0.3, 0.4) is 0 Å². The lowest BCUT2D eigenvalue weighted by atomic mass is 9.77. The van der Waals surface area contributed by atoms with Gasteiger partial charge in [-0.15, -0.1) is 0 Å². The number of halogens is 1. The summed E-state index contributed by atoms with van der Waals surface area (Å²) in [5.74, 6) is 0. The predicted molar refractivity (Wildman–Crippen MR) is 62.3 cm³/mol. The second-order valence-corrected chi connectivity index (χ2v) is 4.62. The van der Waals surface area contributed by atoms with Gasteiger partial charge in [0, 0.05) is 23.6 Å². The van der Waals surface area contributed by atoms with Crippen LogP contribution in [0, 0.1) is 0 Å². The maximum absolute atomic E-state index is 9.15. The summed E-state index contributed by atoms with van der Waals surface area (Å²) in [6.45, 7) is 2.22. The van der Waals surface area contributed by atoms with Crippen LogP contribution < -0.4 is 5.32 Å². The number of rotatable bonds is 3. The van der Waals surface area contributed by atoms with Crippen LogP contribution in [0.25, 0.3) is 0 Å². The minimum Gasteiger partial charge on any atom is -0.396 e. The molecule has 1 aromatic carbocycles. The summed E-state index contributed by atoms with van der Waals surface area (Å²) in [5, 5.41) is 13.3. The number of aliphatic hydroxyl groups is 1. The van der Waals surface area contributed by atoms with Crippen LogP contribution in [-0.4, -0.2) is 24.8 Å². The fourth-order valence-corrected chi connectivity index (χ4v) is 2.49. The molecule has 0 bridgehead atoms. The van der Waals surface area contributed by atoms with Crippen molar-refractivity contribution in [1.82, 2.24) is 5.32 Å². The molecule has 1 aliphatic rings. The molecule has 0 spiro atoms. The van der Waals surface area contributed by atoms with Gasteiger partial charge >= 0.3 is 0 Å². The third kappa shape index (κ3) is 2.17. The summed E-state index contributed by atoms with van der Waals surface area (Å²) in [6, 6.07) is 8.00. The van der Waals surface area contributed by atoms with Gasteiger partial charge in [-0.25, -0.2) is 0 Å². The van der Waals surface area contributed by atoms with Crippen LogP contribution in [0.5, 0.6) is 0 Å². The van der Waals surface area contributed by atoms with E-state index in [1.54, 1.807) is 0 Å². The molecule has 2 N–H and O–H groups in total. The van der Waals surface area contributed by atoms with Gasteiger partial charge in [-0.2, -0.15) is 0 Å². The van der Waals surface area contributed by atoms with Gasteiger partial charge in [-0.3, -0.25) is 0 Å². The van der Waals surface area contributed by atoms with Crippen molar-refractivity contribution in [2.75, 3.05) is 19.7 Å². The van der Waals surface area contributed by atoms with Crippen LogP contribution >= 0.6 is 11.6 Å². The summed E-state index contributed by atoms with van der Waals surface area (Å²) in [7, 11) is 0. The zero-order valence-corrected chi connectivity index (χ0v) is 9.43. The Labute approximate surface area is 95.3 Å². The molecule has 0 unspecified atom stereocenters. The molecule has 82 valence electrons. The minimum atomic E-state index is 0.110. The average Bonchev–Trinajstić information content (AvgIpc) is 2.69. The Balaban J connectivity index is 2.28. The van der Waals surface area contributed by atoms with E-state index in [-0.39, 0.29) is 12.0 Å². The normalized spacial score (nSPS) is 25.7. The van der Waals surface area contributed by atoms with Gasteiger partial charge in [0.25, 0.3) is 0 Å². The van der Waals surface area contributed by atoms with Crippen LogP contribution in [0.15, 0.2) is 24.3 Å². The van der Waals surface area contributed by atoms with Crippen molar-refractivity contribution in [3.05, 3.63) is 34.9 Å². The maximum atomic E-state index is 9.15. The molecule has 3 heteroatoms. The van der Waals surface area contributed by atoms with Crippen molar-refractivity contribution in [3.63, 3.8) is 0 Å². The van der Waals surface area contributed by atoms with Gasteiger partial charge in [0.2, 0.25) is 0 Å². The van der Waals surface area contributed by atoms with E-state index in [9.17, 15) is 0 Å². The second kappa shape index (κ2) is 4.52. The van der Waals surface area contributed by atoms with Gasteiger partial charge in [-0.1, -0.05) is 23.7 Å². The van der Waals surface area contributed by atoms with Crippen molar-refractivity contribution in [2.24, 2.45) is 0 Å². The van der Waals surface area contributed by atoms with Gasteiger partial charge in [0.15, 0.2) is 0 Å². The number of hydrogen-bond donors (Lipinski definition) is 2. The molecule has 0 saturated carbocycles. The van der Waals surface area contributed by atoms with E-state index < -0.39 is 0 Å². The topological polar surface area (TPSA) is 32.3 Å². The first-order valence-electron chi connectivity index (χ1n) is 5.34. The molecule has 1 aliphatic heterocycles. The molecule has 15 heavy (non-hydrogen) atoms. The fourth-order valence-electron chi connectivity index (χ4n) is 2.37. The first kappa shape index (κ1) is 10.9. The molecule has 1 atom stereocenters. The molecule has 0 radical (unpaired) electrons. The molecular weight excluding hydrogens is 210 g/mol. The van der Waals surface area contributed by atoms with E-state index in [1.807, 2.05) is 12.1 Å². The molecule has 0 aliphatic carbocycles. The zero-order valence-electron chi connectivity index (χ0n) is 8.67. The first-order chi connectivity index (χ1) is 7.27. The Morgan fingerprint density at radius 2 is 2.07 bits per heavy atom. The minimum absolute atomic E-state index is 0.110. The third-order valence-corrected chi connectivity index (χ3v) is 3.54. The number of aliphatic hydroxyl groups excluding tert-OH is 1. The number of hydrogen-bond acceptors (Lipinski definition) is 2. The Morgan fingerprint density at radius 3 is 2.60 bits per heavy atom. The highest BCUT2D eigenvalue weighted by Crippen LogP contribution is 2.34. The molecule has 1 saturated heterocycles. The van der Waals surface area contributed by atoms with E-state index in [0.29, 0.717) is 0 Å². The fraction of sp³-hybridized carbons (Fsp3) is 0.500. The Morgan fingerprint density at radius 1 is 1.33 bits per heavy atom. The van der Waals surface area contributed by atoms with E-state index >= 15 is 0 Å².